The van der Waals surface area contributed by atoms with Gasteiger partial charge in [0.2, 0.25) is 10.0 Å². The number of hydrogen-bond acceptors (Lipinski definition) is 8. The summed E-state index contributed by atoms with van der Waals surface area (Å²) in [7, 11) is 0. The number of alkyl halides is 3. The number of nitro groups is 1. The summed E-state index contributed by atoms with van der Waals surface area (Å²) in [6, 6.07) is 15.1. The normalized spacial score (nSPS) is 15.6. The van der Waals surface area contributed by atoms with Crippen LogP contribution in [0.25, 0.3) is 6.08 Å². The Kier molecular flexibility index (Phi) is 8.64. The predicted octanol–water partition coefficient (Wildman–Crippen LogP) is 6.09. The highest BCUT2D eigenvalue weighted by Gasteiger charge is 2.37. The van der Waals surface area contributed by atoms with Crippen LogP contribution in [0.3, 0.4) is 0 Å². The van der Waals surface area contributed by atoms with Crippen LogP contribution in [-0.2, 0) is 11.3 Å². The third kappa shape index (κ3) is 6.86. The van der Waals surface area contributed by atoms with Crippen LogP contribution in [0.1, 0.15) is 21.7 Å². The molecule has 0 saturated carbocycles. The number of hydrogen-bond donors (Lipinski definition) is 1. The minimum absolute atomic E-state index is 0.0123. The van der Waals surface area contributed by atoms with Crippen molar-refractivity contribution in [1.29, 1.82) is 0 Å². The average Bonchev–Trinajstić information content (AvgIpc) is 3.48. The lowest BCUT2D eigenvalue weighted by atomic mass is 10.2. The second-order valence-corrected chi connectivity index (χ2v) is 11.8. The van der Waals surface area contributed by atoms with Gasteiger partial charge in [-0.05, 0) is 42.0 Å². The molecule has 38 heavy (non-hydrogen) atoms. The Morgan fingerprint density at radius 3 is 2.58 bits per heavy atom. The zero-order chi connectivity index (χ0) is 27.4. The maximum Gasteiger partial charge on any atom is 0.270 e. The van der Waals surface area contributed by atoms with Gasteiger partial charge in [0, 0.05) is 17.7 Å². The second kappa shape index (κ2) is 11.7. The van der Waals surface area contributed by atoms with Crippen LogP contribution >= 0.6 is 58.8 Å². The first-order valence-corrected chi connectivity index (χ1v) is 13.0. The quantitative estimate of drug-likeness (QED) is 0.0811. The number of non-ortho nitro benzene ring substituents is 1. The first kappa shape index (κ1) is 27.9. The lowest BCUT2D eigenvalue weighted by Crippen LogP contribution is -2.47. The van der Waals surface area contributed by atoms with Gasteiger partial charge in [-0.3, -0.25) is 24.6 Å². The van der Waals surface area contributed by atoms with E-state index in [1.54, 1.807) is 42.5 Å². The van der Waals surface area contributed by atoms with E-state index in [0.29, 0.717) is 20.5 Å². The highest BCUT2D eigenvalue weighted by Crippen LogP contribution is 2.35. The van der Waals surface area contributed by atoms with Crippen LogP contribution < -0.4 is 10.1 Å². The molecule has 2 heterocycles. The van der Waals surface area contributed by atoms with Crippen molar-refractivity contribution in [2.75, 3.05) is 0 Å². The molecule has 2 amide bonds. The summed E-state index contributed by atoms with van der Waals surface area (Å²) in [6.45, 7) is 0.238. The molecule has 14 heteroatoms. The van der Waals surface area contributed by atoms with Gasteiger partial charge < -0.3 is 14.5 Å². The highest BCUT2D eigenvalue weighted by atomic mass is 35.6. The molecule has 1 unspecified atom stereocenters. The number of nitro benzene ring substituents is 1. The van der Waals surface area contributed by atoms with E-state index in [9.17, 15) is 19.7 Å². The Labute approximate surface area is 240 Å². The number of nitrogens with one attached hydrogen (secondary N) is 1. The zero-order valence-electron chi connectivity index (χ0n) is 19.0. The second-order valence-electron chi connectivity index (χ2n) is 7.74. The Balaban J connectivity index is 1.44. The van der Waals surface area contributed by atoms with Gasteiger partial charge in [-0.2, -0.15) is 0 Å². The van der Waals surface area contributed by atoms with Crippen LogP contribution in [0.2, 0.25) is 0 Å². The number of carbonyl (C=O) groups excluding carboxylic acids is 2. The number of amides is 2. The molecule has 0 aliphatic carbocycles. The standard InChI is InChI=1S/C24H16Cl3N3O6S2/c25-24(26,27)22(28-20(31)15-3-1-4-16(12-15)30(33)34)36-17-8-6-14(7-9-17)11-19-21(32)29(23(37)38-19)13-18-5-2-10-35-18/h1-12,22H,13H2,(H,28,31). The molecule has 1 atom stereocenters. The summed E-state index contributed by atoms with van der Waals surface area (Å²) < 4.78 is 9.34. The van der Waals surface area contributed by atoms with E-state index in [0.717, 1.165) is 6.07 Å². The van der Waals surface area contributed by atoms with Gasteiger partial charge in [0.15, 0.2) is 0 Å². The van der Waals surface area contributed by atoms with Crippen molar-refractivity contribution in [3.05, 3.63) is 98.8 Å². The predicted molar refractivity (Wildman–Crippen MR) is 149 cm³/mol. The smallest absolute Gasteiger partial charge is 0.270 e. The first-order valence-electron chi connectivity index (χ1n) is 10.7. The molecule has 2 aromatic carbocycles. The van der Waals surface area contributed by atoms with Crippen molar-refractivity contribution in [3.63, 3.8) is 0 Å². The lowest BCUT2D eigenvalue weighted by molar-refractivity contribution is -0.384. The molecule has 196 valence electrons. The zero-order valence-corrected chi connectivity index (χ0v) is 22.9. The van der Waals surface area contributed by atoms with Gasteiger partial charge in [0.05, 0.1) is 22.6 Å². The SMILES string of the molecule is O=C(NC(Oc1ccc(C=C2SC(=S)N(Cc3ccco3)C2=O)cc1)C(Cl)(Cl)Cl)c1cccc([N+](=O)[O-])c1. The Hall–Kier alpha value is -3.09. The highest BCUT2D eigenvalue weighted by molar-refractivity contribution is 8.26. The molecule has 0 spiro atoms. The van der Waals surface area contributed by atoms with Crippen molar-refractivity contribution in [3.8, 4) is 5.75 Å². The number of benzene rings is 2. The fourth-order valence-electron chi connectivity index (χ4n) is 3.27. The molecule has 1 aliphatic rings. The lowest BCUT2D eigenvalue weighted by Gasteiger charge is -2.26. The summed E-state index contributed by atoms with van der Waals surface area (Å²) >= 11 is 24.5. The molecule has 0 radical (unpaired) electrons. The van der Waals surface area contributed by atoms with Crippen molar-refractivity contribution < 1.29 is 23.7 Å². The Morgan fingerprint density at radius 1 is 1.21 bits per heavy atom. The maximum absolute atomic E-state index is 12.8. The molecule has 1 aliphatic heterocycles. The first-order chi connectivity index (χ1) is 18.0. The van der Waals surface area contributed by atoms with E-state index >= 15 is 0 Å². The molecule has 1 aromatic heterocycles. The number of ether oxygens (including phenoxy) is 1. The van der Waals surface area contributed by atoms with Crippen molar-refractivity contribution in [2.45, 2.75) is 16.6 Å². The van der Waals surface area contributed by atoms with Crippen LogP contribution in [-0.4, -0.2) is 36.0 Å². The molecule has 4 rings (SSSR count). The molecule has 1 fully saturated rings. The summed E-state index contributed by atoms with van der Waals surface area (Å²) in [5, 5.41) is 13.4. The van der Waals surface area contributed by atoms with Gasteiger partial charge >= 0.3 is 0 Å². The molecule has 1 N–H and O–H groups in total. The van der Waals surface area contributed by atoms with E-state index in [4.69, 9.17) is 56.2 Å². The molecular weight excluding hydrogens is 597 g/mol. The molecule has 0 bridgehead atoms. The van der Waals surface area contributed by atoms with Crippen LogP contribution in [0.5, 0.6) is 5.75 Å². The van der Waals surface area contributed by atoms with E-state index in [1.165, 1.54) is 41.1 Å². The van der Waals surface area contributed by atoms with Gasteiger partial charge in [-0.1, -0.05) is 77.0 Å². The number of halogens is 3. The van der Waals surface area contributed by atoms with Crippen LogP contribution in [0, 0.1) is 10.1 Å². The third-order valence-electron chi connectivity index (χ3n) is 5.08. The number of thioether (sulfide) groups is 1. The number of rotatable bonds is 8. The minimum Gasteiger partial charge on any atom is -0.467 e. The molecule has 1 saturated heterocycles. The topological polar surface area (TPSA) is 115 Å². The monoisotopic (exact) mass is 611 g/mol. The van der Waals surface area contributed by atoms with Gasteiger partial charge in [-0.15, -0.1) is 0 Å². The van der Waals surface area contributed by atoms with Gasteiger partial charge in [-0.25, -0.2) is 0 Å². The Bertz CT molecular complexity index is 1410. The third-order valence-corrected chi connectivity index (χ3v) is 7.05. The van der Waals surface area contributed by atoms with E-state index in [2.05, 4.69) is 5.32 Å². The summed E-state index contributed by atoms with van der Waals surface area (Å²) in [4.78, 5) is 37.7. The van der Waals surface area contributed by atoms with E-state index < -0.39 is 20.9 Å². The van der Waals surface area contributed by atoms with Crippen molar-refractivity contribution >= 4 is 86.7 Å². The molecular formula is C24H16Cl3N3O6S2. The largest absolute Gasteiger partial charge is 0.467 e. The minimum atomic E-state index is -2.07. The van der Waals surface area contributed by atoms with Crippen LogP contribution in [0.4, 0.5) is 5.69 Å². The molecule has 3 aromatic rings. The van der Waals surface area contributed by atoms with Gasteiger partial charge in [0.25, 0.3) is 17.5 Å². The fourth-order valence-corrected chi connectivity index (χ4v) is 4.82. The van der Waals surface area contributed by atoms with Crippen molar-refractivity contribution in [2.24, 2.45) is 0 Å². The molecule has 9 nitrogen and oxygen atoms in total. The summed E-state index contributed by atoms with van der Waals surface area (Å²) in [5.41, 5.74) is 0.404. The number of furan rings is 1. The van der Waals surface area contributed by atoms with E-state index in [-0.39, 0.29) is 29.5 Å². The maximum atomic E-state index is 12.8. The summed E-state index contributed by atoms with van der Waals surface area (Å²) in [6.07, 6.45) is 1.78. The average molecular weight is 613 g/mol. The van der Waals surface area contributed by atoms with E-state index in [1.807, 2.05) is 0 Å². The number of thiocarbonyl (C=S) groups is 1. The van der Waals surface area contributed by atoms with Crippen molar-refractivity contribution in [1.82, 2.24) is 10.2 Å². The van der Waals surface area contributed by atoms with Crippen LogP contribution in [0.15, 0.2) is 76.2 Å². The number of carbonyl (C=O) groups is 2. The van der Waals surface area contributed by atoms with Gasteiger partial charge in [0.1, 0.15) is 15.8 Å². The summed E-state index contributed by atoms with van der Waals surface area (Å²) in [5.74, 6) is -0.108. The fraction of sp³-hybridized carbons (Fsp3) is 0.125. The Morgan fingerprint density at radius 2 is 1.95 bits per heavy atom. The number of nitrogens with zero attached hydrogens (tertiary/aromatic N) is 2.